The third-order valence-electron chi connectivity index (χ3n) is 5.15. The highest BCUT2D eigenvalue weighted by atomic mass is 16.5. The van der Waals surface area contributed by atoms with Crippen LogP contribution in [0, 0.1) is 0 Å². The van der Waals surface area contributed by atoms with Gasteiger partial charge in [0.1, 0.15) is 0 Å². The van der Waals surface area contributed by atoms with E-state index >= 15 is 0 Å². The van der Waals surface area contributed by atoms with Crippen molar-refractivity contribution in [3.05, 3.63) is 41.5 Å². The Balaban J connectivity index is 2.00. The molecule has 0 aromatic heterocycles. The summed E-state index contributed by atoms with van der Waals surface area (Å²) in [5.41, 5.74) is 4.46. The molecular formula is C21H31NO. The van der Waals surface area contributed by atoms with Gasteiger partial charge < -0.3 is 4.74 Å². The highest BCUT2D eigenvalue weighted by molar-refractivity contribution is 5.70. The minimum Gasteiger partial charge on any atom is -0.371 e. The number of benzene rings is 1. The van der Waals surface area contributed by atoms with Crippen molar-refractivity contribution in [1.29, 1.82) is 0 Å². The summed E-state index contributed by atoms with van der Waals surface area (Å²) >= 11 is 0. The van der Waals surface area contributed by atoms with Gasteiger partial charge in [-0.25, -0.2) is 0 Å². The van der Waals surface area contributed by atoms with Crippen molar-refractivity contribution in [3.8, 4) is 0 Å². The van der Waals surface area contributed by atoms with Gasteiger partial charge in [0.25, 0.3) is 0 Å². The van der Waals surface area contributed by atoms with Crippen molar-refractivity contribution in [1.82, 2.24) is 4.90 Å². The molecule has 0 saturated carbocycles. The summed E-state index contributed by atoms with van der Waals surface area (Å²) in [6.07, 6.45) is 5.90. The van der Waals surface area contributed by atoms with Crippen LogP contribution >= 0.6 is 0 Å². The highest BCUT2D eigenvalue weighted by Crippen LogP contribution is 2.41. The maximum absolute atomic E-state index is 5.87. The van der Waals surface area contributed by atoms with Crippen LogP contribution in [0.4, 0.5) is 0 Å². The summed E-state index contributed by atoms with van der Waals surface area (Å²) in [6, 6.07) is 9.56. The molecular weight excluding hydrogens is 282 g/mol. The molecule has 2 heterocycles. The summed E-state index contributed by atoms with van der Waals surface area (Å²) in [4.78, 5) is 2.68. The van der Waals surface area contributed by atoms with E-state index in [2.05, 4.69) is 69.9 Å². The average molecular weight is 313 g/mol. The fraction of sp³-hybridized carbons (Fsp3) is 0.619. The van der Waals surface area contributed by atoms with E-state index in [1.807, 2.05) is 0 Å². The van der Waals surface area contributed by atoms with Gasteiger partial charge in [-0.2, -0.15) is 0 Å². The van der Waals surface area contributed by atoms with Crippen LogP contribution in [0.25, 0.3) is 5.57 Å². The summed E-state index contributed by atoms with van der Waals surface area (Å²) in [5, 5.41) is 0. The van der Waals surface area contributed by atoms with Crippen LogP contribution in [0.3, 0.4) is 0 Å². The monoisotopic (exact) mass is 313 g/mol. The van der Waals surface area contributed by atoms with E-state index in [1.165, 1.54) is 36.1 Å². The Kier molecular flexibility index (Phi) is 4.41. The molecule has 3 rings (SSSR count). The van der Waals surface area contributed by atoms with Gasteiger partial charge in [-0.05, 0) is 83.2 Å². The zero-order chi connectivity index (χ0) is 16.7. The third-order valence-corrected chi connectivity index (χ3v) is 5.15. The summed E-state index contributed by atoms with van der Waals surface area (Å²) in [7, 11) is 0. The van der Waals surface area contributed by atoms with Gasteiger partial charge >= 0.3 is 0 Å². The van der Waals surface area contributed by atoms with Gasteiger partial charge in [-0.15, -0.1) is 0 Å². The summed E-state index contributed by atoms with van der Waals surface area (Å²) in [5.74, 6) is 0. The van der Waals surface area contributed by atoms with E-state index in [1.54, 1.807) is 0 Å². The summed E-state index contributed by atoms with van der Waals surface area (Å²) < 4.78 is 5.87. The van der Waals surface area contributed by atoms with Gasteiger partial charge in [-0.3, -0.25) is 4.90 Å². The first-order valence-corrected chi connectivity index (χ1v) is 9.00. The second-order valence-electron chi connectivity index (χ2n) is 8.48. The zero-order valence-electron chi connectivity index (χ0n) is 15.4. The molecule has 0 N–H and O–H groups in total. The molecule has 0 aliphatic carbocycles. The predicted molar refractivity (Wildman–Crippen MR) is 97.5 cm³/mol. The smallest absolute Gasteiger partial charge is 0.0812 e. The van der Waals surface area contributed by atoms with Crippen LogP contribution in [-0.2, 0) is 4.74 Å². The lowest BCUT2D eigenvalue weighted by Crippen LogP contribution is -2.40. The van der Waals surface area contributed by atoms with E-state index < -0.39 is 0 Å². The number of hydrogen-bond donors (Lipinski definition) is 0. The van der Waals surface area contributed by atoms with Gasteiger partial charge in [0.2, 0.25) is 0 Å². The lowest BCUT2D eigenvalue weighted by atomic mass is 9.87. The number of nitrogens with zero attached hydrogens (tertiary/aromatic N) is 1. The number of ether oxygens (including phenoxy) is 1. The van der Waals surface area contributed by atoms with Gasteiger partial charge in [-0.1, -0.05) is 24.3 Å². The Bertz CT molecular complexity index is 594. The van der Waals surface area contributed by atoms with Crippen LogP contribution in [0.15, 0.2) is 30.3 Å². The molecule has 2 aliphatic rings. The topological polar surface area (TPSA) is 12.5 Å². The first-order valence-electron chi connectivity index (χ1n) is 9.00. The second kappa shape index (κ2) is 6.07. The molecule has 1 fully saturated rings. The Morgan fingerprint density at radius 3 is 2.61 bits per heavy atom. The third kappa shape index (κ3) is 3.54. The standard InChI is InChI=1S/C21H31NO/c1-20(2,3)22-13-8-11-19(22)18-10-7-6-9-17(18)16-12-14-23-21(4,5)15-16/h6-7,9-10,15,19H,8,11-14H2,1-5H3/t19-/m0/s1. The molecule has 0 amide bonds. The molecule has 0 spiro atoms. The minimum absolute atomic E-state index is 0.153. The molecule has 0 radical (unpaired) electrons. The van der Waals surface area contributed by atoms with Crippen LogP contribution in [0.2, 0.25) is 0 Å². The normalized spacial score (nSPS) is 25.4. The number of hydrogen-bond acceptors (Lipinski definition) is 2. The zero-order valence-corrected chi connectivity index (χ0v) is 15.4. The SMILES string of the molecule is CC1(C)C=C(c2ccccc2[C@@H]2CCCN2C(C)(C)C)CCO1. The van der Waals surface area contributed by atoms with Crippen molar-refractivity contribution in [2.24, 2.45) is 0 Å². The molecule has 23 heavy (non-hydrogen) atoms. The maximum Gasteiger partial charge on any atom is 0.0812 e. The number of likely N-dealkylation sites (tertiary alicyclic amines) is 1. The van der Waals surface area contributed by atoms with Gasteiger partial charge in [0.15, 0.2) is 0 Å². The summed E-state index contributed by atoms with van der Waals surface area (Å²) in [6.45, 7) is 13.4. The van der Waals surface area contributed by atoms with Crippen LogP contribution in [0.1, 0.15) is 71.0 Å². The lowest BCUT2D eigenvalue weighted by molar-refractivity contribution is 0.0164. The fourth-order valence-electron chi connectivity index (χ4n) is 4.14. The number of rotatable bonds is 2. The Hall–Kier alpha value is -1.12. The second-order valence-corrected chi connectivity index (χ2v) is 8.48. The molecule has 126 valence electrons. The maximum atomic E-state index is 5.87. The molecule has 1 atom stereocenters. The van der Waals surface area contributed by atoms with Crippen molar-refractivity contribution >= 4 is 5.57 Å². The Morgan fingerprint density at radius 2 is 1.91 bits per heavy atom. The Morgan fingerprint density at radius 1 is 1.17 bits per heavy atom. The van der Waals surface area contributed by atoms with Crippen molar-refractivity contribution < 1.29 is 4.74 Å². The van der Waals surface area contributed by atoms with Crippen molar-refractivity contribution in [3.63, 3.8) is 0 Å². The minimum atomic E-state index is -0.153. The van der Waals surface area contributed by atoms with Crippen LogP contribution in [0.5, 0.6) is 0 Å². The molecule has 2 aliphatic heterocycles. The molecule has 2 nitrogen and oxygen atoms in total. The Labute approximate surface area is 141 Å². The largest absolute Gasteiger partial charge is 0.371 e. The average Bonchev–Trinajstić information content (AvgIpc) is 2.95. The van der Waals surface area contributed by atoms with Crippen LogP contribution < -0.4 is 0 Å². The predicted octanol–water partition coefficient (Wildman–Crippen LogP) is 5.20. The first kappa shape index (κ1) is 16.7. The van der Waals surface area contributed by atoms with E-state index in [-0.39, 0.29) is 11.1 Å². The fourth-order valence-corrected chi connectivity index (χ4v) is 4.14. The first-order chi connectivity index (χ1) is 10.8. The van der Waals surface area contributed by atoms with Gasteiger partial charge in [0, 0.05) is 11.6 Å². The van der Waals surface area contributed by atoms with E-state index in [4.69, 9.17) is 4.74 Å². The van der Waals surface area contributed by atoms with Crippen molar-refractivity contribution in [2.75, 3.05) is 13.2 Å². The molecule has 0 unspecified atom stereocenters. The molecule has 2 heteroatoms. The van der Waals surface area contributed by atoms with Crippen LogP contribution in [-0.4, -0.2) is 29.2 Å². The van der Waals surface area contributed by atoms with E-state index in [0.717, 1.165) is 13.0 Å². The molecule has 0 bridgehead atoms. The quantitative estimate of drug-likeness (QED) is 0.743. The molecule has 1 aromatic carbocycles. The molecule has 1 saturated heterocycles. The van der Waals surface area contributed by atoms with Gasteiger partial charge in [0.05, 0.1) is 12.2 Å². The van der Waals surface area contributed by atoms with Crippen molar-refractivity contribution in [2.45, 2.75) is 71.1 Å². The lowest BCUT2D eigenvalue weighted by Gasteiger charge is -2.38. The van der Waals surface area contributed by atoms with E-state index in [0.29, 0.717) is 6.04 Å². The highest BCUT2D eigenvalue weighted by Gasteiger charge is 2.35. The molecule has 1 aromatic rings. The van der Waals surface area contributed by atoms with E-state index in [9.17, 15) is 0 Å².